The van der Waals surface area contributed by atoms with Gasteiger partial charge in [-0.1, -0.05) is 74.1 Å². The van der Waals surface area contributed by atoms with E-state index in [4.69, 9.17) is 14.2 Å². The van der Waals surface area contributed by atoms with Gasteiger partial charge in [0.2, 0.25) is 0 Å². The van der Waals surface area contributed by atoms with Gasteiger partial charge in [0.1, 0.15) is 35.6 Å². The summed E-state index contributed by atoms with van der Waals surface area (Å²) in [7, 11) is 0. The van der Waals surface area contributed by atoms with E-state index in [1.165, 1.54) is 11.1 Å². The lowest BCUT2D eigenvalue weighted by Crippen LogP contribution is -2.69. The molecule has 1 saturated heterocycles. The Bertz CT molecular complexity index is 1660. The highest BCUT2D eigenvalue weighted by Crippen LogP contribution is 2.69. The monoisotopic (exact) mass is 682 g/mol. The van der Waals surface area contributed by atoms with Crippen molar-refractivity contribution in [2.75, 3.05) is 13.2 Å². The van der Waals surface area contributed by atoms with Crippen molar-refractivity contribution >= 4 is 17.3 Å². The summed E-state index contributed by atoms with van der Waals surface area (Å²) in [5, 5.41) is 0. The number of hydrogen-bond acceptors (Lipinski definition) is 6. The first kappa shape index (κ1) is 38.9. The molecule has 0 N–H and O–H groups in total. The van der Waals surface area contributed by atoms with Crippen LogP contribution in [0.2, 0.25) is 0 Å². The zero-order chi connectivity index (χ0) is 37.2. The van der Waals surface area contributed by atoms with E-state index in [2.05, 4.69) is 66.9 Å². The molecular weight excluding hydrogens is 624 g/mol. The minimum absolute atomic E-state index is 0.00891. The van der Waals surface area contributed by atoms with E-state index in [9.17, 15) is 0 Å². The van der Waals surface area contributed by atoms with Gasteiger partial charge in [-0.15, -0.1) is 0 Å². The lowest BCUT2D eigenvalue weighted by molar-refractivity contribution is -0.188. The van der Waals surface area contributed by atoms with Crippen molar-refractivity contribution in [2.24, 2.45) is 28.1 Å². The standard InChI is InChI=1S/C44H58O6/c1-13-23-48-34-20-17-31(25-35(34)49-24-14-2)37(45)36-38(46)44(22-21-30(7)8)40(47)43(26-32(41(44,9)10)18-15-28(3)4)27-33(19-16-29(5)6)42(11,12)50-39(36)43/h13-17,20-21,25,32-33H,1-2,18-19,22-24,26-27H2,3-12H3/t32-,33+,43+,44+/m1/s1. The van der Waals surface area contributed by atoms with Crippen molar-refractivity contribution in [3.63, 3.8) is 0 Å². The Hall–Kier alpha value is -3.93. The van der Waals surface area contributed by atoms with E-state index in [1.54, 1.807) is 30.4 Å². The second kappa shape index (κ2) is 14.7. The lowest BCUT2D eigenvalue weighted by Gasteiger charge is -2.64. The molecule has 2 fully saturated rings. The topological polar surface area (TPSA) is 78.9 Å². The number of carbonyl (C=O) groups is 3. The highest BCUT2D eigenvalue weighted by atomic mass is 16.5. The lowest BCUT2D eigenvalue weighted by atomic mass is 9.39. The van der Waals surface area contributed by atoms with Gasteiger partial charge < -0.3 is 14.2 Å². The van der Waals surface area contributed by atoms with Gasteiger partial charge in [0.25, 0.3) is 0 Å². The third-order valence-corrected chi connectivity index (χ3v) is 11.3. The molecule has 0 amide bonds. The molecule has 1 saturated carbocycles. The minimum atomic E-state index is -1.46. The summed E-state index contributed by atoms with van der Waals surface area (Å²) in [6, 6.07) is 4.94. The number of fused-ring (bicyclic) bond motifs is 1. The quantitative estimate of drug-likeness (QED) is 0.0841. The molecule has 4 atom stereocenters. The number of carbonyl (C=O) groups excluding carboxylic acids is 3. The van der Waals surface area contributed by atoms with Gasteiger partial charge in [0.05, 0.1) is 5.41 Å². The molecule has 6 heteroatoms. The number of benzene rings is 1. The molecular formula is C44H58O6. The first-order valence-corrected chi connectivity index (χ1v) is 18.0. The molecule has 0 radical (unpaired) electrons. The molecule has 2 bridgehead atoms. The minimum Gasteiger partial charge on any atom is -0.490 e. The van der Waals surface area contributed by atoms with E-state index < -0.39 is 33.4 Å². The second-order valence-electron chi connectivity index (χ2n) is 16.3. The van der Waals surface area contributed by atoms with Crippen LogP contribution >= 0.6 is 0 Å². The van der Waals surface area contributed by atoms with E-state index in [-0.39, 0.29) is 54.1 Å². The van der Waals surface area contributed by atoms with Gasteiger partial charge >= 0.3 is 0 Å². The number of allylic oxidation sites excluding steroid dienone is 8. The van der Waals surface area contributed by atoms with Gasteiger partial charge in [-0.3, -0.25) is 14.4 Å². The number of ether oxygens (including phenoxy) is 3. The van der Waals surface area contributed by atoms with E-state index in [0.29, 0.717) is 24.3 Å². The predicted octanol–water partition coefficient (Wildman–Crippen LogP) is 10.3. The molecule has 1 aromatic rings. The van der Waals surface area contributed by atoms with Crippen LogP contribution in [-0.2, 0) is 14.3 Å². The van der Waals surface area contributed by atoms with Crippen LogP contribution in [0.3, 0.4) is 0 Å². The molecule has 6 nitrogen and oxygen atoms in total. The zero-order valence-electron chi connectivity index (χ0n) is 32.1. The average molecular weight is 683 g/mol. The molecule has 0 aromatic heterocycles. The maximum atomic E-state index is 15.6. The molecule has 4 rings (SSSR count). The third kappa shape index (κ3) is 6.87. The first-order chi connectivity index (χ1) is 23.4. The summed E-state index contributed by atoms with van der Waals surface area (Å²) in [6.45, 7) is 28.4. The van der Waals surface area contributed by atoms with Gasteiger partial charge in [0, 0.05) is 11.5 Å². The van der Waals surface area contributed by atoms with Crippen LogP contribution in [0.15, 0.2) is 89.8 Å². The summed E-state index contributed by atoms with van der Waals surface area (Å²) in [5.74, 6) is 0.0124. The van der Waals surface area contributed by atoms with Crippen LogP contribution in [0, 0.1) is 28.1 Å². The van der Waals surface area contributed by atoms with Crippen molar-refractivity contribution in [1.82, 2.24) is 0 Å². The average Bonchev–Trinajstić information content (AvgIpc) is 3.03. The van der Waals surface area contributed by atoms with Gasteiger partial charge in [0.15, 0.2) is 28.8 Å². The Morgan fingerprint density at radius 2 is 1.36 bits per heavy atom. The largest absolute Gasteiger partial charge is 0.490 e. The van der Waals surface area contributed by atoms with E-state index >= 15 is 14.4 Å². The molecule has 1 spiro atoms. The summed E-state index contributed by atoms with van der Waals surface area (Å²) >= 11 is 0. The molecule has 270 valence electrons. The first-order valence-electron chi connectivity index (χ1n) is 18.0. The van der Waals surface area contributed by atoms with E-state index in [0.717, 1.165) is 18.4 Å². The molecule has 1 heterocycles. The smallest absolute Gasteiger partial charge is 0.200 e. The van der Waals surface area contributed by atoms with E-state index in [1.807, 2.05) is 33.8 Å². The summed E-state index contributed by atoms with van der Waals surface area (Å²) in [6.07, 6.45) is 12.4. The molecule has 1 aliphatic heterocycles. The van der Waals surface area contributed by atoms with Crippen LogP contribution in [0.5, 0.6) is 11.5 Å². The molecule has 0 unspecified atom stereocenters. The Morgan fingerprint density at radius 1 is 0.820 bits per heavy atom. The number of hydrogen-bond donors (Lipinski definition) is 0. The van der Waals surface area contributed by atoms with Gasteiger partial charge in [-0.2, -0.15) is 0 Å². The molecule has 1 aromatic carbocycles. The summed E-state index contributed by atoms with van der Waals surface area (Å²) < 4.78 is 18.7. The Morgan fingerprint density at radius 3 is 1.92 bits per heavy atom. The molecule has 2 aliphatic carbocycles. The summed E-state index contributed by atoms with van der Waals surface area (Å²) in [5.41, 5.74) is -0.435. The van der Waals surface area contributed by atoms with Crippen LogP contribution in [-0.4, -0.2) is 36.2 Å². The Balaban J connectivity index is 2.07. The number of rotatable bonds is 14. The Labute approximate surface area is 300 Å². The third-order valence-electron chi connectivity index (χ3n) is 11.3. The highest BCUT2D eigenvalue weighted by molar-refractivity contribution is 6.35. The van der Waals surface area contributed by atoms with Crippen molar-refractivity contribution in [1.29, 1.82) is 0 Å². The molecule has 50 heavy (non-hydrogen) atoms. The highest BCUT2D eigenvalue weighted by Gasteiger charge is 2.74. The second-order valence-corrected chi connectivity index (χ2v) is 16.3. The van der Waals surface area contributed by atoms with Crippen LogP contribution < -0.4 is 9.47 Å². The normalized spacial score (nSPS) is 26.1. The zero-order valence-corrected chi connectivity index (χ0v) is 32.1. The van der Waals surface area contributed by atoms with Gasteiger partial charge in [-0.05, 0) is 117 Å². The maximum absolute atomic E-state index is 15.6. The fourth-order valence-corrected chi connectivity index (χ4v) is 8.23. The van der Waals surface area contributed by atoms with Crippen LogP contribution in [0.25, 0.3) is 0 Å². The van der Waals surface area contributed by atoms with Crippen LogP contribution in [0.1, 0.15) is 112 Å². The number of ketones is 3. The fraction of sp³-hybridized carbons (Fsp3) is 0.523. The maximum Gasteiger partial charge on any atom is 0.200 e. The van der Waals surface area contributed by atoms with Crippen molar-refractivity contribution < 1.29 is 28.6 Å². The SMILES string of the molecule is C=CCOc1ccc(C(=O)C2=C3OC(C)(C)[C@@H](CC=C(C)C)C[C@@]34C[C@@H](CC=C(C)C)C(C)(C)[C@@](CC=C(C)C)(C2=O)C4=O)cc1OCC=C. The summed E-state index contributed by atoms with van der Waals surface area (Å²) in [4.78, 5) is 46.1. The van der Waals surface area contributed by atoms with Gasteiger partial charge in [-0.25, -0.2) is 0 Å². The predicted molar refractivity (Wildman–Crippen MR) is 201 cm³/mol. The Kier molecular flexibility index (Phi) is 11.5. The number of Topliss-reactive ketones (excluding diaryl/α,β-unsaturated/α-hetero) is 3. The van der Waals surface area contributed by atoms with Crippen LogP contribution in [0.4, 0.5) is 0 Å². The van der Waals surface area contributed by atoms with Crippen molar-refractivity contribution in [3.05, 3.63) is 95.4 Å². The van der Waals surface area contributed by atoms with Crippen molar-refractivity contribution in [2.45, 2.75) is 107 Å². The van der Waals surface area contributed by atoms with Crippen molar-refractivity contribution in [3.8, 4) is 11.5 Å². The fourth-order valence-electron chi connectivity index (χ4n) is 8.23. The molecule has 3 aliphatic rings.